The molecule has 7 nitrogen and oxygen atoms in total. The van der Waals surface area contributed by atoms with Crippen LogP contribution in [0.15, 0.2) is 53.5 Å². The van der Waals surface area contributed by atoms with Crippen molar-refractivity contribution >= 4 is 23.8 Å². The van der Waals surface area contributed by atoms with Crippen LogP contribution in [-0.2, 0) is 4.74 Å². The maximum absolute atomic E-state index is 11.6. The normalized spacial score (nSPS) is 11.0. The fourth-order valence-electron chi connectivity index (χ4n) is 3.10. The third kappa shape index (κ3) is 4.03. The molecule has 3 rings (SSSR count). The van der Waals surface area contributed by atoms with E-state index in [-0.39, 0.29) is 17.3 Å². The minimum absolute atomic E-state index is 0.198. The molecule has 0 fully saturated rings. The first-order valence-electron chi connectivity index (χ1n) is 8.80. The highest BCUT2D eigenvalue weighted by molar-refractivity contribution is 5.92. The lowest BCUT2D eigenvalue weighted by Crippen LogP contribution is -2.03. The number of carbonyl (C=O) groups excluding carboxylic acids is 1. The predicted molar refractivity (Wildman–Crippen MR) is 109 cm³/mol. The number of aromatic hydroxyl groups is 1. The van der Waals surface area contributed by atoms with Crippen LogP contribution in [0.4, 0.5) is 5.69 Å². The van der Waals surface area contributed by atoms with E-state index in [4.69, 9.17) is 9.84 Å². The smallest absolute Gasteiger partial charge is 0.339 e. The number of hydrogen-bond acceptors (Lipinski definition) is 5. The summed E-state index contributed by atoms with van der Waals surface area (Å²) in [6.45, 7) is 3.91. The molecule has 0 unspecified atom stereocenters. The van der Waals surface area contributed by atoms with Gasteiger partial charge in [0.2, 0.25) is 0 Å². The number of ether oxygens (including phenoxy) is 1. The molecule has 29 heavy (non-hydrogen) atoms. The summed E-state index contributed by atoms with van der Waals surface area (Å²) in [5, 5.41) is 18.7. The average Bonchev–Trinajstić information content (AvgIpc) is 3.00. The first kappa shape index (κ1) is 19.9. The van der Waals surface area contributed by atoms with E-state index in [9.17, 15) is 14.7 Å². The van der Waals surface area contributed by atoms with Crippen molar-refractivity contribution in [2.75, 3.05) is 7.11 Å². The van der Waals surface area contributed by atoms with E-state index in [1.54, 1.807) is 24.4 Å². The van der Waals surface area contributed by atoms with Gasteiger partial charge in [0.1, 0.15) is 11.3 Å². The lowest BCUT2D eigenvalue weighted by Gasteiger charge is -2.10. The number of aliphatic imine (C=N–C) groups is 1. The van der Waals surface area contributed by atoms with Crippen LogP contribution < -0.4 is 0 Å². The summed E-state index contributed by atoms with van der Waals surface area (Å²) >= 11 is 0. The standard InChI is InChI=1S/C22H20N2O5/c1-13-10-16(12-23-17-6-9-20(25)19(11-17)21(26)27)14(2)24(13)18-7-4-15(5-8-18)22(28)29-3/h4-12,25H,1-3H3,(H,26,27). The molecule has 0 aliphatic heterocycles. The average molecular weight is 392 g/mol. The molecule has 7 heteroatoms. The molecule has 1 heterocycles. The summed E-state index contributed by atoms with van der Waals surface area (Å²) in [6.07, 6.45) is 1.65. The van der Waals surface area contributed by atoms with Crippen molar-refractivity contribution in [2.24, 2.45) is 4.99 Å². The number of carbonyl (C=O) groups is 2. The van der Waals surface area contributed by atoms with Crippen molar-refractivity contribution in [2.45, 2.75) is 13.8 Å². The number of carboxylic acids is 1. The number of benzene rings is 2. The van der Waals surface area contributed by atoms with Gasteiger partial charge in [-0.05, 0) is 62.4 Å². The Morgan fingerprint density at radius 1 is 1.07 bits per heavy atom. The van der Waals surface area contributed by atoms with Crippen LogP contribution in [0.1, 0.15) is 37.7 Å². The van der Waals surface area contributed by atoms with E-state index < -0.39 is 5.97 Å². The van der Waals surface area contributed by atoms with Crippen LogP contribution in [0.5, 0.6) is 5.75 Å². The highest BCUT2D eigenvalue weighted by atomic mass is 16.5. The monoisotopic (exact) mass is 392 g/mol. The molecule has 0 aliphatic carbocycles. The van der Waals surface area contributed by atoms with E-state index in [0.29, 0.717) is 11.3 Å². The van der Waals surface area contributed by atoms with E-state index in [1.807, 2.05) is 36.6 Å². The Bertz CT molecular complexity index is 1110. The first-order valence-corrected chi connectivity index (χ1v) is 8.80. The number of hydrogen-bond donors (Lipinski definition) is 2. The molecule has 0 saturated heterocycles. The van der Waals surface area contributed by atoms with Crippen LogP contribution in [-0.4, -0.2) is 40.0 Å². The van der Waals surface area contributed by atoms with E-state index in [1.165, 1.54) is 19.2 Å². The van der Waals surface area contributed by atoms with Crippen molar-refractivity contribution in [3.8, 4) is 11.4 Å². The molecule has 3 aromatic rings. The van der Waals surface area contributed by atoms with Gasteiger partial charge >= 0.3 is 11.9 Å². The molecule has 2 N–H and O–H groups in total. The van der Waals surface area contributed by atoms with Crippen LogP contribution in [0, 0.1) is 13.8 Å². The topological polar surface area (TPSA) is 101 Å². The molecule has 148 valence electrons. The molecule has 0 spiro atoms. The number of carboxylic acid groups (broad SMARTS) is 1. The number of methoxy groups -OCH3 is 1. The zero-order valence-corrected chi connectivity index (χ0v) is 16.2. The van der Waals surface area contributed by atoms with E-state index in [2.05, 4.69) is 4.99 Å². The quantitative estimate of drug-likeness (QED) is 0.504. The number of nitrogens with zero attached hydrogens (tertiary/aromatic N) is 2. The Hall–Kier alpha value is -3.87. The van der Waals surface area contributed by atoms with Crippen molar-refractivity contribution in [3.63, 3.8) is 0 Å². The number of aromatic carboxylic acids is 1. The second-order valence-electron chi connectivity index (χ2n) is 6.47. The van der Waals surface area contributed by atoms with E-state index >= 15 is 0 Å². The van der Waals surface area contributed by atoms with Gasteiger partial charge in [0, 0.05) is 28.9 Å². The molecule has 0 aliphatic rings. The summed E-state index contributed by atoms with van der Waals surface area (Å²) in [4.78, 5) is 27.1. The maximum Gasteiger partial charge on any atom is 0.339 e. The number of esters is 1. The zero-order chi connectivity index (χ0) is 21.1. The summed E-state index contributed by atoms with van der Waals surface area (Å²) in [5.74, 6) is -1.90. The summed E-state index contributed by atoms with van der Waals surface area (Å²) in [7, 11) is 1.34. The molecule has 0 bridgehead atoms. The molecule has 1 aromatic heterocycles. The Labute approximate surface area is 167 Å². The van der Waals surface area contributed by atoms with Gasteiger partial charge in [-0.15, -0.1) is 0 Å². The molecule has 2 aromatic carbocycles. The van der Waals surface area contributed by atoms with Crippen molar-refractivity contribution in [1.29, 1.82) is 0 Å². The van der Waals surface area contributed by atoms with Crippen LogP contribution in [0.3, 0.4) is 0 Å². The molecule has 0 radical (unpaired) electrons. The number of aryl methyl sites for hydroxylation is 1. The van der Waals surface area contributed by atoms with Crippen LogP contribution in [0.25, 0.3) is 5.69 Å². The third-order valence-electron chi connectivity index (χ3n) is 4.58. The molecule has 0 amide bonds. The van der Waals surface area contributed by atoms with Gasteiger partial charge in [-0.2, -0.15) is 0 Å². The molecular weight excluding hydrogens is 372 g/mol. The van der Waals surface area contributed by atoms with E-state index in [0.717, 1.165) is 22.6 Å². The number of phenols is 1. The molecular formula is C22H20N2O5. The van der Waals surface area contributed by atoms with Gasteiger partial charge in [-0.1, -0.05) is 0 Å². The van der Waals surface area contributed by atoms with Gasteiger partial charge in [0.15, 0.2) is 0 Å². The van der Waals surface area contributed by atoms with Gasteiger partial charge < -0.3 is 19.5 Å². The van der Waals surface area contributed by atoms with Crippen LogP contribution in [0.2, 0.25) is 0 Å². The van der Waals surface area contributed by atoms with Crippen molar-refractivity contribution in [3.05, 3.63) is 76.6 Å². The lowest BCUT2D eigenvalue weighted by atomic mass is 10.2. The summed E-state index contributed by atoms with van der Waals surface area (Å²) in [5.41, 5.74) is 4.38. The van der Waals surface area contributed by atoms with Crippen LogP contribution >= 0.6 is 0 Å². The number of rotatable bonds is 5. The van der Waals surface area contributed by atoms with Crippen molar-refractivity contribution in [1.82, 2.24) is 4.57 Å². The highest BCUT2D eigenvalue weighted by Gasteiger charge is 2.12. The Morgan fingerprint density at radius 3 is 2.38 bits per heavy atom. The predicted octanol–water partition coefficient (Wildman–Crippen LogP) is 4.04. The fraction of sp³-hybridized carbons (Fsp3) is 0.136. The fourth-order valence-corrected chi connectivity index (χ4v) is 3.10. The summed E-state index contributed by atoms with van der Waals surface area (Å²) < 4.78 is 6.75. The Morgan fingerprint density at radius 2 is 1.76 bits per heavy atom. The lowest BCUT2D eigenvalue weighted by molar-refractivity contribution is 0.0599. The zero-order valence-electron chi connectivity index (χ0n) is 16.2. The largest absolute Gasteiger partial charge is 0.507 e. The second kappa shape index (κ2) is 8.02. The Kier molecular flexibility index (Phi) is 5.50. The highest BCUT2D eigenvalue weighted by Crippen LogP contribution is 2.25. The van der Waals surface area contributed by atoms with Gasteiger partial charge in [-0.25, -0.2) is 9.59 Å². The minimum Gasteiger partial charge on any atom is -0.507 e. The molecule has 0 atom stereocenters. The van der Waals surface area contributed by atoms with Crippen molar-refractivity contribution < 1.29 is 24.5 Å². The van der Waals surface area contributed by atoms with Gasteiger partial charge in [-0.3, -0.25) is 4.99 Å². The van der Waals surface area contributed by atoms with Gasteiger partial charge in [0.25, 0.3) is 0 Å². The maximum atomic E-state index is 11.6. The molecule has 0 saturated carbocycles. The second-order valence-corrected chi connectivity index (χ2v) is 6.47. The summed E-state index contributed by atoms with van der Waals surface area (Å²) in [6, 6.07) is 13.2. The third-order valence-corrected chi connectivity index (χ3v) is 4.58. The van der Waals surface area contributed by atoms with Gasteiger partial charge in [0.05, 0.1) is 18.4 Å². The minimum atomic E-state index is -1.21. The SMILES string of the molecule is COC(=O)c1ccc(-n2c(C)cc(C=Nc3ccc(O)c(C(=O)O)c3)c2C)cc1. The number of aromatic nitrogens is 1. The first-order chi connectivity index (χ1) is 13.8. The Balaban J connectivity index is 1.92.